The van der Waals surface area contributed by atoms with E-state index in [1.54, 1.807) is 25.2 Å². The number of aryl methyl sites for hydroxylation is 1. The summed E-state index contributed by atoms with van der Waals surface area (Å²) in [6, 6.07) is 19.2. The number of anilines is 1. The van der Waals surface area contributed by atoms with Gasteiger partial charge in [0.05, 0.1) is 26.3 Å². The molecule has 0 aliphatic heterocycles. The molecule has 0 fully saturated rings. The predicted octanol–water partition coefficient (Wildman–Crippen LogP) is 4.21. The van der Waals surface area contributed by atoms with Gasteiger partial charge in [0.1, 0.15) is 5.01 Å². The molecular weight excluding hydrogens is 422 g/mol. The van der Waals surface area contributed by atoms with Crippen LogP contribution in [0.25, 0.3) is 31.9 Å². The molecule has 1 N–H and O–H groups in total. The Labute approximate surface area is 175 Å². The summed E-state index contributed by atoms with van der Waals surface area (Å²) in [7, 11) is -2.35. The molecule has 0 radical (unpaired) electrons. The topological polar surface area (TPSA) is 94.2 Å². The van der Waals surface area contributed by atoms with Crippen molar-refractivity contribution < 1.29 is 12.8 Å². The second kappa shape index (κ2) is 6.82. The number of sulfonamides is 1. The Morgan fingerprint density at radius 1 is 1.03 bits per heavy atom. The van der Waals surface area contributed by atoms with Crippen molar-refractivity contribution in [1.29, 1.82) is 0 Å². The fourth-order valence-corrected chi connectivity index (χ4v) is 5.33. The van der Waals surface area contributed by atoms with E-state index in [9.17, 15) is 13.2 Å². The Hall–Kier alpha value is -3.43. The van der Waals surface area contributed by atoms with Crippen molar-refractivity contribution >= 4 is 48.4 Å². The van der Waals surface area contributed by atoms with Crippen LogP contribution in [-0.2, 0) is 17.1 Å². The van der Waals surface area contributed by atoms with Gasteiger partial charge in [0.15, 0.2) is 5.58 Å². The first-order valence-corrected chi connectivity index (χ1v) is 11.3. The number of aromatic nitrogens is 2. The van der Waals surface area contributed by atoms with Gasteiger partial charge in [-0.25, -0.2) is 18.2 Å². The van der Waals surface area contributed by atoms with E-state index in [2.05, 4.69) is 9.71 Å². The lowest BCUT2D eigenvalue weighted by molar-refractivity contribution is 0.527. The van der Waals surface area contributed by atoms with Gasteiger partial charge in [-0.15, -0.1) is 11.3 Å². The third-order valence-electron chi connectivity index (χ3n) is 4.77. The highest BCUT2D eigenvalue weighted by Crippen LogP contribution is 2.35. The number of nitrogens with one attached hydrogen (secondary N) is 1. The van der Waals surface area contributed by atoms with Crippen LogP contribution in [0.3, 0.4) is 0 Å². The summed E-state index contributed by atoms with van der Waals surface area (Å²) in [5.41, 5.74) is 2.71. The van der Waals surface area contributed by atoms with Crippen molar-refractivity contribution in [2.24, 2.45) is 7.05 Å². The van der Waals surface area contributed by atoms with Crippen LogP contribution in [0, 0.1) is 0 Å². The summed E-state index contributed by atoms with van der Waals surface area (Å²) < 4.78 is 36.2. The lowest BCUT2D eigenvalue weighted by Crippen LogP contribution is -2.13. The summed E-state index contributed by atoms with van der Waals surface area (Å²) >= 11 is 1.49. The highest BCUT2D eigenvalue weighted by Gasteiger charge is 2.20. The molecule has 0 saturated heterocycles. The molecule has 2 heterocycles. The van der Waals surface area contributed by atoms with Gasteiger partial charge in [0, 0.05) is 18.7 Å². The number of oxazole rings is 1. The fraction of sp³-hybridized carbons (Fsp3) is 0.0476. The summed E-state index contributed by atoms with van der Waals surface area (Å²) in [6.45, 7) is 0. The van der Waals surface area contributed by atoms with Gasteiger partial charge in [-0.3, -0.25) is 9.29 Å². The first-order chi connectivity index (χ1) is 14.4. The van der Waals surface area contributed by atoms with Gasteiger partial charge in [0.25, 0.3) is 10.0 Å². The highest BCUT2D eigenvalue weighted by molar-refractivity contribution is 7.92. The van der Waals surface area contributed by atoms with Gasteiger partial charge >= 0.3 is 5.76 Å². The van der Waals surface area contributed by atoms with E-state index in [0.29, 0.717) is 16.8 Å². The van der Waals surface area contributed by atoms with E-state index in [1.165, 1.54) is 28.0 Å². The Kier molecular flexibility index (Phi) is 4.23. The lowest BCUT2D eigenvalue weighted by Gasteiger charge is -2.11. The number of hydrogen-bond acceptors (Lipinski definition) is 6. The summed E-state index contributed by atoms with van der Waals surface area (Å²) in [6.07, 6.45) is 0. The van der Waals surface area contributed by atoms with E-state index in [-0.39, 0.29) is 10.5 Å². The number of nitrogens with zero attached hydrogens (tertiary/aromatic N) is 2. The van der Waals surface area contributed by atoms with Gasteiger partial charge in [-0.1, -0.05) is 24.3 Å². The standard InChI is InChI=1S/C21H15N3O4S2/c1-24-17-11-10-13(12-18(17)28-21(24)25)30(26,27)23-15-7-3-2-6-14(15)20-22-16-8-4-5-9-19(16)29-20/h2-12,23H,1H3. The maximum absolute atomic E-state index is 13.0. The molecule has 0 atom stereocenters. The second-order valence-corrected chi connectivity index (χ2v) is 9.41. The van der Waals surface area contributed by atoms with Crippen molar-refractivity contribution in [2.75, 3.05) is 4.72 Å². The van der Waals surface area contributed by atoms with Crippen LogP contribution in [0.4, 0.5) is 5.69 Å². The van der Waals surface area contributed by atoms with Crippen molar-refractivity contribution in [3.8, 4) is 10.6 Å². The molecule has 3 aromatic carbocycles. The second-order valence-electron chi connectivity index (χ2n) is 6.69. The predicted molar refractivity (Wildman–Crippen MR) is 117 cm³/mol. The zero-order valence-electron chi connectivity index (χ0n) is 15.7. The van der Waals surface area contributed by atoms with Crippen molar-refractivity contribution in [3.05, 3.63) is 77.3 Å². The number of rotatable bonds is 4. The van der Waals surface area contributed by atoms with Crippen LogP contribution in [0.5, 0.6) is 0 Å². The van der Waals surface area contributed by atoms with Crippen LogP contribution < -0.4 is 10.5 Å². The van der Waals surface area contributed by atoms with Gasteiger partial charge in [0.2, 0.25) is 0 Å². The lowest BCUT2D eigenvalue weighted by atomic mass is 10.2. The zero-order valence-corrected chi connectivity index (χ0v) is 17.3. The minimum atomic E-state index is -3.91. The van der Waals surface area contributed by atoms with Gasteiger partial charge in [-0.2, -0.15) is 0 Å². The Balaban J connectivity index is 1.56. The molecule has 2 aromatic heterocycles. The third-order valence-corrected chi connectivity index (χ3v) is 7.20. The van der Waals surface area contributed by atoms with Crippen LogP contribution >= 0.6 is 11.3 Å². The largest absolute Gasteiger partial charge is 0.419 e. The molecule has 0 amide bonds. The molecule has 9 heteroatoms. The smallest absolute Gasteiger partial charge is 0.408 e. The molecular formula is C21H15N3O4S2. The van der Waals surface area contributed by atoms with E-state index >= 15 is 0 Å². The molecule has 0 aliphatic carbocycles. The summed E-state index contributed by atoms with van der Waals surface area (Å²) in [4.78, 5) is 16.3. The molecule has 30 heavy (non-hydrogen) atoms. The molecule has 150 valence electrons. The minimum Gasteiger partial charge on any atom is -0.408 e. The molecule has 0 unspecified atom stereocenters. The molecule has 7 nitrogen and oxygen atoms in total. The van der Waals surface area contributed by atoms with Gasteiger partial charge < -0.3 is 4.42 Å². The number of para-hydroxylation sites is 2. The summed E-state index contributed by atoms with van der Waals surface area (Å²) in [5.74, 6) is -0.548. The third kappa shape index (κ3) is 3.08. The first-order valence-electron chi connectivity index (χ1n) is 9.00. The molecule has 5 rings (SSSR count). The monoisotopic (exact) mass is 437 g/mol. The van der Waals surface area contributed by atoms with Crippen molar-refractivity contribution in [1.82, 2.24) is 9.55 Å². The van der Waals surface area contributed by atoms with Crippen LogP contribution in [0.1, 0.15) is 0 Å². The normalized spacial score (nSPS) is 11.9. The average molecular weight is 438 g/mol. The van der Waals surface area contributed by atoms with E-state index < -0.39 is 15.8 Å². The maximum Gasteiger partial charge on any atom is 0.419 e. The number of thiazole rings is 1. The first kappa shape index (κ1) is 18.6. The molecule has 0 spiro atoms. The van der Waals surface area contributed by atoms with Crippen molar-refractivity contribution in [2.45, 2.75) is 4.90 Å². The van der Waals surface area contributed by atoms with Crippen LogP contribution in [0.2, 0.25) is 0 Å². The number of hydrogen-bond donors (Lipinski definition) is 1. The van der Waals surface area contributed by atoms with E-state index in [1.807, 2.05) is 36.4 Å². The minimum absolute atomic E-state index is 0.00320. The Bertz CT molecular complexity index is 1550. The number of fused-ring (bicyclic) bond motifs is 2. The van der Waals surface area contributed by atoms with Crippen molar-refractivity contribution in [3.63, 3.8) is 0 Å². The SMILES string of the molecule is Cn1c(=O)oc2cc(S(=O)(=O)Nc3ccccc3-c3nc4ccccc4s3)ccc21. The van der Waals surface area contributed by atoms with E-state index in [4.69, 9.17) is 4.42 Å². The van der Waals surface area contributed by atoms with Crippen LogP contribution in [0.15, 0.2) is 80.8 Å². The Morgan fingerprint density at radius 2 is 1.80 bits per heavy atom. The molecule has 0 saturated carbocycles. The average Bonchev–Trinajstić information content (AvgIpc) is 3.29. The quantitative estimate of drug-likeness (QED) is 0.455. The molecule has 0 aliphatic rings. The number of benzene rings is 3. The molecule has 0 bridgehead atoms. The van der Waals surface area contributed by atoms with E-state index in [0.717, 1.165) is 15.2 Å². The zero-order chi connectivity index (χ0) is 20.9. The maximum atomic E-state index is 13.0. The highest BCUT2D eigenvalue weighted by atomic mass is 32.2. The fourth-order valence-electron chi connectivity index (χ4n) is 3.23. The Morgan fingerprint density at radius 3 is 2.63 bits per heavy atom. The molecule has 5 aromatic rings. The summed E-state index contributed by atoms with van der Waals surface area (Å²) in [5, 5.41) is 0.721. The van der Waals surface area contributed by atoms with Crippen LogP contribution in [-0.4, -0.2) is 18.0 Å². The van der Waals surface area contributed by atoms with Gasteiger partial charge in [-0.05, 0) is 36.4 Å².